The van der Waals surface area contributed by atoms with Crippen molar-refractivity contribution in [3.8, 4) is 5.75 Å². The maximum Gasteiger partial charge on any atom is 0.236 e. The van der Waals surface area contributed by atoms with E-state index < -0.39 is 6.10 Å². The second-order valence-corrected chi connectivity index (χ2v) is 10.7. The molecule has 0 aromatic heterocycles. The Labute approximate surface area is 208 Å². The predicted molar refractivity (Wildman–Crippen MR) is 134 cm³/mol. The molecule has 2 bridgehead atoms. The van der Waals surface area contributed by atoms with Gasteiger partial charge < -0.3 is 19.6 Å². The number of nitrogens with zero attached hydrogens (tertiary/aromatic N) is 3. The van der Waals surface area contributed by atoms with Crippen LogP contribution in [0.4, 0.5) is 0 Å². The molecule has 0 unspecified atom stereocenters. The van der Waals surface area contributed by atoms with Gasteiger partial charge in [0.25, 0.3) is 0 Å². The fourth-order valence-corrected chi connectivity index (χ4v) is 6.27. The van der Waals surface area contributed by atoms with Crippen LogP contribution in [0, 0.1) is 11.8 Å². The number of benzene rings is 1. The SMILES string of the molecule is O=C(C[C@@H]1CCN2C[C@@H]1C=CCOc1ccccc1CN(C1CCCC1)CC2=O)N1CC[C@@H](O)C1. The fourth-order valence-electron chi connectivity index (χ4n) is 6.27. The summed E-state index contributed by atoms with van der Waals surface area (Å²) in [6, 6.07) is 8.62. The van der Waals surface area contributed by atoms with Crippen molar-refractivity contribution in [3.05, 3.63) is 42.0 Å². The van der Waals surface area contributed by atoms with Gasteiger partial charge in [0.1, 0.15) is 12.4 Å². The number of fused-ring (bicyclic) bond motifs is 3. The number of rotatable bonds is 3. The number of piperidine rings is 1. The zero-order valence-electron chi connectivity index (χ0n) is 20.7. The van der Waals surface area contributed by atoms with E-state index in [-0.39, 0.29) is 23.7 Å². The van der Waals surface area contributed by atoms with E-state index in [4.69, 9.17) is 4.74 Å². The van der Waals surface area contributed by atoms with Crippen LogP contribution in [0.25, 0.3) is 0 Å². The first-order chi connectivity index (χ1) is 17.1. The van der Waals surface area contributed by atoms with Gasteiger partial charge in [0.15, 0.2) is 0 Å². The lowest BCUT2D eigenvalue weighted by Gasteiger charge is -2.39. The topological polar surface area (TPSA) is 73.3 Å². The van der Waals surface area contributed by atoms with Crippen LogP contribution in [-0.4, -0.2) is 83.1 Å². The summed E-state index contributed by atoms with van der Waals surface area (Å²) in [6.45, 7) is 4.08. The number of amides is 2. The molecule has 3 aliphatic heterocycles. The quantitative estimate of drug-likeness (QED) is 0.672. The number of carbonyl (C=O) groups is 2. The Morgan fingerprint density at radius 2 is 1.86 bits per heavy atom. The molecular weight excluding hydrogens is 442 g/mol. The molecular formula is C28H39N3O4. The molecule has 1 aliphatic carbocycles. The zero-order valence-corrected chi connectivity index (χ0v) is 20.7. The second kappa shape index (κ2) is 11.1. The Morgan fingerprint density at radius 1 is 1.03 bits per heavy atom. The molecule has 1 saturated carbocycles. The Balaban J connectivity index is 1.34. The van der Waals surface area contributed by atoms with E-state index in [2.05, 4.69) is 23.1 Å². The van der Waals surface area contributed by atoms with Crippen LogP contribution < -0.4 is 4.74 Å². The molecule has 3 fully saturated rings. The number of aliphatic hydroxyl groups excluding tert-OH is 1. The van der Waals surface area contributed by atoms with E-state index in [1.807, 2.05) is 23.1 Å². The minimum absolute atomic E-state index is 0.125. The third kappa shape index (κ3) is 5.89. The molecule has 1 aromatic carbocycles. The molecule has 1 aromatic rings. The number of hydrogen-bond acceptors (Lipinski definition) is 5. The first-order valence-electron chi connectivity index (χ1n) is 13.4. The normalized spacial score (nSPS) is 28.7. The van der Waals surface area contributed by atoms with E-state index in [1.165, 1.54) is 12.8 Å². The average molecular weight is 482 g/mol. The molecule has 1 N–H and O–H groups in total. The Kier molecular flexibility index (Phi) is 7.73. The van der Waals surface area contributed by atoms with Crippen molar-refractivity contribution in [2.24, 2.45) is 11.8 Å². The minimum Gasteiger partial charge on any atom is -0.489 e. The van der Waals surface area contributed by atoms with Gasteiger partial charge in [-0.15, -0.1) is 0 Å². The summed E-state index contributed by atoms with van der Waals surface area (Å²) in [6.07, 6.45) is 10.5. The summed E-state index contributed by atoms with van der Waals surface area (Å²) >= 11 is 0. The van der Waals surface area contributed by atoms with Gasteiger partial charge in [-0.05, 0) is 43.6 Å². The Hall–Kier alpha value is -2.38. The third-order valence-electron chi connectivity index (χ3n) is 8.36. The van der Waals surface area contributed by atoms with Crippen molar-refractivity contribution < 1.29 is 19.4 Å². The summed E-state index contributed by atoms with van der Waals surface area (Å²) in [5, 5.41) is 9.83. The highest BCUT2D eigenvalue weighted by atomic mass is 16.5. The van der Waals surface area contributed by atoms with Gasteiger partial charge in [-0.3, -0.25) is 14.5 Å². The van der Waals surface area contributed by atoms with Gasteiger partial charge in [0, 0.05) is 50.7 Å². The highest BCUT2D eigenvalue weighted by Crippen LogP contribution is 2.31. The molecule has 0 radical (unpaired) electrons. The van der Waals surface area contributed by atoms with Gasteiger partial charge in [0.05, 0.1) is 12.6 Å². The Morgan fingerprint density at radius 3 is 2.66 bits per heavy atom. The molecule has 2 amide bonds. The number of carbonyl (C=O) groups excluding carboxylic acids is 2. The monoisotopic (exact) mass is 481 g/mol. The van der Waals surface area contributed by atoms with E-state index in [1.54, 1.807) is 4.90 Å². The van der Waals surface area contributed by atoms with Crippen LogP contribution >= 0.6 is 0 Å². The first-order valence-corrected chi connectivity index (χ1v) is 13.4. The standard InChI is InChI=1S/C28H39N3O4/c32-25-12-14-30(19-25)27(33)16-21-11-13-29-17-22(21)7-5-15-35-26-10-4-1-6-23(26)18-31(20-28(29)34)24-8-2-3-9-24/h1,4-7,10,21-22,24-25,32H,2-3,8-9,11-20H2/t21-,22-,25+/m0/s1. The Bertz CT molecular complexity index is 929. The first kappa shape index (κ1) is 24.3. The number of para-hydroxylation sites is 1. The van der Waals surface area contributed by atoms with Gasteiger partial charge >= 0.3 is 0 Å². The van der Waals surface area contributed by atoms with Crippen LogP contribution in [0.1, 0.15) is 50.5 Å². The van der Waals surface area contributed by atoms with E-state index in [0.717, 1.165) is 37.1 Å². The summed E-state index contributed by atoms with van der Waals surface area (Å²) in [4.78, 5) is 32.6. The fraction of sp³-hybridized carbons (Fsp3) is 0.643. The number of likely N-dealkylation sites (tertiary alicyclic amines) is 1. The van der Waals surface area contributed by atoms with Crippen molar-refractivity contribution in [1.82, 2.24) is 14.7 Å². The molecule has 5 rings (SSSR count). The van der Waals surface area contributed by atoms with Crippen molar-refractivity contribution >= 4 is 11.8 Å². The van der Waals surface area contributed by atoms with Crippen LogP contribution in [-0.2, 0) is 16.1 Å². The number of hydrogen-bond donors (Lipinski definition) is 1. The van der Waals surface area contributed by atoms with Crippen LogP contribution in [0.2, 0.25) is 0 Å². The summed E-state index contributed by atoms with van der Waals surface area (Å²) in [5.74, 6) is 1.53. The highest BCUT2D eigenvalue weighted by Gasteiger charge is 2.35. The summed E-state index contributed by atoms with van der Waals surface area (Å²) in [7, 11) is 0. The van der Waals surface area contributed by atoms with E-state index in [0.29, 0.717) is 58.2 Å². The number of ether oxygens (including phenoxy) is 1. The van der Waals surface area contributed by atoms with Gasteiger partial charge in [-0.2, -0.15) is 0 Å². The van der Waals surface area contributed by atoms with Crippen molar-refractivity contribution in [2.75, 3.05) is 39.3 Å². The second-order valence-electron chi connectivity index (χ2n) is 10.7. The maximum atomic E-state index is 13.5. The third-order valence-corrected chi connectivity index (χ3v) is 8.36. The number of aliphatic hydroxyl groups is 1. The van der Waals surface area contributed by atoms with Crippen molar-refractivity contribution in [1.29, 1.82) is 0 Å². The predicted octanol–water partition coefficient (Wildman–Crippen LogP) is 2.83. The lowest BCUT2D eigenvalue weighted by Crippen LogP contribution is -2.49. The van der Waals surface area contributed by atoms with Gasteiger partial charge in [-0.25, -0.2) is 0 Å². The van der Waals surface area contributed by atoms with Crippen molar-refractivity contribution in [3.63, 3.8) is 0 Å². The molecule has 2 saturated heterocycles. The highest BCUT2D eigenvalue weighted by molar-refractivity contribution is 5.79. The summed E-state index contributed by atoms with van der Waals surface area (Å²) in [5.41, 5.74) is 1.13. The molecule has 4 aliphatic rings. The summed E-state index contributed by atoms with van der Waals surface area (Å²) < 4.78 is 6.17. The molecule has 3 atom stereocenters. The molecule has 190 valence electrons. The van der Waals surface area contributed by atoms with Crippen molar-refractivity contribution in [2.45, 2.75) is 63.6 Å². The van der Waals surface area contributed by atoms with E-state index >= 15 is 0 Å². The zero-order chi connectivity index (χ0) is 24.2. The molecule has 7 nitrogen and oxygen atoms in total. The molecule has 35 heavy (non-hydrogen) atoms. The minimum atomic E-state index is -0.397. The lowest BCUT2D eigenvalue weighted by atomic mass is 9.82. The largest absolute Gasteiger partial charge is 0.489 e. The van der Waals surface area contributed by atoms with Gasteiger partial charge in [0.2, 0.25) is 11.8 Å². The lowest BCUT2D eigenvalue weighted by molar-refractivity contribution is -0.136. The molecule has 7 heteroatoms. The molecule has 0 spiro atoms. The van der Waals surface area contributed by atoms with Crippen LogP contribution in [0.15, 0.2) is 36.4 Å². The average Bonchev–Trinajstić information content (AvgIpc) is 3.55. The van der Waals surface area contributed by atoms with E-state index in [9.17, 15) is 14.7 Å². The number of β-amino-alcohol motifs (C(OH)–C–C–N with tert-alkyl or cyclic N) is 1. The maximum absolute atomic E-state index is 13.5. The van der Waals surface area contributed by atoms with Crippen LogP contribution in [0.5, 0.6) is 5.75 Å². The van der Waals surface area contributed by atoms with Gasteiger partial charge in [-0.1, -0.05) is 43.2 Å². The smallest absolute Gasteiger partial charge is 0.236 e. The van der Waals surface area contributed by atoms with Crippen LogP contribution in [0.3, 0.4) is 0 Å². The molecule has 3 heterocycles.